The van der Waals surface area contributed by atoms with Crippen LogP contribution in [0.2, 0.25) is 0 Å². The van der Waals surface area contributed by atoms with Crippen LogP contribution in [0.5, 0.6) is 5.75 Å². The number of ether oxygens (including phenoxy) is 3. The van der Waals surface area contributed by atoms with E-state index >= 15 is 0 Å². The van der Waals surface area contributed by atoms with Crippen LogP contribution in [0.15, 0.2) is 43.0 Å². The van der Waals surface area contributed by atoms with Crippen LogP contribution in [0.3, 0.4) is 0 Å². The van der Waals surface area contributed by atoms with Gasteiger partial charge < -0.3 is 20.4 Å². The lowest BCUT2D eigenvalue weighted by Crippen LogP contribution is -2.23. The van der Waals surface area contributed by atoms with E-state index in [4.69, 9.17) is 18.4 Å². The predicted octanol–water partition coefficient (Wildman–Crippen LogP) is 4.87. The average Bonchev–Trinajstić information content (AvgIpc) is 2.72. The second-order valence-electron chi connectivity index (χ2n) is 6.94. The van der Waals surface area contributed by atoms with Gasteiger partial charge in [-0.2, -0.15) is 8.42 Å². The second-order valence-corrected chi connectivity index (χ2v) is 8.52. The van der Waals surface area contributed by atoms with Crippen molar-refractivity contribution in [3.8, 4) is 5.75 Å². The summed E-state index contributed by atoms with van der Waals surface area (Å²) >= 11 is 0. The highest BCUT2D eigenvalue weighted by Gasteiger charge is 2.14. The maximum absolute atomic E-state index is 11.9. The molecule has 0 aromatic heterocycles. The second kappa shape index (κ2) is 18.3. The number of benzene rings is 1. The molecule has 0 heterocycles. The molecule has 0 aliphatic heterocycles. The first-order valence-corrected chi connectivity index (χ1v) is 12.0. The standard InChI is InChI=1S/C22H36O6S.H3N/c1-3-16-25-17-12-7-5-4-6-8-13-18-28-29(23,24)20-27-21(2)19-26-22-14-10-9-11-15-22;/h3,9-11,14-15,21H,1,4-8,12-13,16-20H2,2H3;1H3. The van der Waals surface area contributed by atoms with Gasteiger partial charge in [-0.3, -0.25) is 4.18 Å². The molecule has 0 bridgehead atoms. The lowest BCUT2D eigenvalue weighted by atomic mass is 10.1. The van der Waals surface area contributed by atoms with Gasteiger partial charge in [0.1, 0.15) is 12.4 Å². The predicted molar refractivity (Wildman–Crippen MR) is 121 cm³/mol. The summed E-state index contributed by atoms with van der Waals surface area (Å²) in [6, 6.07) is 9.33. The van der Waals surface area contributed by atoms with E-state index in [0.29, 0.717) is 6.61 Å². The lowest BCUT2D eigenvalue weighted by molar-refractivity contribution is 0.0545. The van der Waals surface area contributed by atoms with Gasteiger partial charge in [0.15, 0.2) is 5.94 Å². The van der Waals surface area contributed by atoms with Gasteiger partial charge in [0, 0.05) is 6.61 Å². The van der Waals surface area contributed by atoms with Crippen molar-refractivity contribution in [2.45, 2.75) is 58.0 Å². The largest absolute Gasteiger partial charge is 0.491 e. The molecule has 7 nitrogen and oxygen atoms in total. The molecule has 1 aromatic rings. The fourth-order valence-electron chi connectivity index (χ4n) is 2.55. The highest BCUT2D eigenvalue weighted by Crippen LogP contribution is 2.10. The lowest BCUT2D eigenvalue weighted by Gasteiger charge is -2.14. The molecule has 0 saturated carbocycles. The highest BCUT2D eigenvalue weighted by atomic mass is 32.2. The van der Waals surface area contributed by atoms with E-state index in [1.165, 1.54) is 6.42 Å². The van der Waals surface area contributed by atoms with Gasteiger partial charge in [0.2, 0.25) is 0 Å². The summed E-state index contributed by atoms with van der Waals surface area (Å²) in [5.74, 6) is 0.267. The van der Waals surface area contributed by atoms with E-state index in [0.717, 1.165) is 50.9 Å². The van der Waals surface area contributed by atoms with Crippen LogP contribution in [-0.4, -0.2) is 46.9 Å². The Hall–Kier alpha value is -1.45. The van der Waals surface area contributed by atoms with Crippen LogP contribution in [-0.2, 0) is 23.8 Å². The van der Waals surface area contributed by atoms with Gasteiger partial charge >= 0.3 is 0 Å². The third-order valence-electron chi connectivity index (χ3n) is 4.16. The van der Waals surface area contributed by atoms with Crippen LogP contribution in [0.1, 0.15) is 51.9 Å². The minimum atomic E-state index is -3.67. The molecule has 1 aromatic carbocycles. The summed E-state index contributed by atoms with van der Waals surface area (Å²) in [4.78, 5) is 0. The summed E-state index contributed by atoms with van der Waals surface area (Å²) < 4.78 is 45.0. The maximum atomic E-state index is 11.9. The van der Waals surface area contributed by atoms with E-state index in [2.05, 4.69) is 6.58 Å². The number of unbranched alkanes of at least 4 members (excludes halogenated alkanes) is 6. The molecule has 8 heteroatoms. The van der Waals surface area contributed by atoms with Crippen molar-refractivity contribution in [2.24, 2.45) is 0 Å². The van der Waals surface area contributed by atoms with Crippen molar-refractivity contribution in [2.75, 3.05) is 32.4 Å². The monoisotopic (exact) mass is 445 g/mol. The number of rotatable bonds is 19. The quantitative estimate of drug-likeness (QED) is 0.184. The van der Waals surface area contributed by atoms with E-state index in [1.807, 2.05) is 30.3 Å². The molecule has 0 aliphatic carbocycles. The number of hydrogen-bond donors (Lipinski definition) is 1. The average molecular weight is 446 g/mol. The van der Waals surface area contributed by atoms with E-state index in [9.17, 15) is 8.42 Å². The maximum Gasteiger partial charge on any atom is 0.291 e. The molecule has 0 radical (unpaired) electrons. The zero-order valence-electron chi connectivity index (χ0n) is 18.3. The third-order valence-corrected chi connectivity index (χ3v) is 5.11. The molecule has 1 atom stereocenters. The topological polar surface area (TPSA) is 106 Å². The van der Waals surface area contributed by atoms with Crippen molar-refractivity contribution in [1.82, 2.24) is 6.15 Å². The van der Waals surface area contributed by atoms with E-state index in [1.54, 1.807) is 13.0 Å². The Bertz CT molecular complexity index is 624. The van der Waals surface area contributed by atoms with Gasteiger partial charge in [-0.25, -0.2) is 0 Å². The van der Waals surface area contributed by atoms with Crippen molar-refractivity contribution < 1.29 is 26.8 Å². The normalized spacial score (nSPS) is 12.2. The number of hydrogen-bond acceptors (Lipinski definition) is 7. The zero-order valence-corrected chi connectivity index (χ0v) is 19.1. The summed E-state index contributed by atoms with van der Waals surface area (Å²) in [6.07, 6.45) is 8.74. The van der Waals surface area contributed by atoms with Crippen molar-refractivity contribution in [1.29, 1.82) is 0 Å². The highest BCUT2D eigenvalue weighted by molar-refractivity contribution is 7.86. The number of para-hydroxylation sites is 1. The minimum absolute atomic E-state index is 0. The minimum Gasteiger partial charge on any atom is -0.491 e. The summed E-state index contributed by atoms with van der Waals surface area (Å²) in [7, 11) is -3.67. The fourth-order valence-corrected chi connectivity index (χ4v) is 3.39. The molecule has 0 fully saturated rings. The van der Waals surface area contributed by atoms with Crippen molar-refractivity contribution in [3.05, 3.63) is 43.0 Å². The molecule has 3 N–H and O–H groups in total. The Kier molecular flexibility index (Phi) is 17.4. The van der Waals surface area contributed by atoms with Crippen LogP contribution < -0.4 is 10.9 Å². The summed E-state index contributed by atoms with van der Waals surface area (Å²) in [6.45, 7) is 7.27. The zero-order chi connectivity index (χ0) is 21.2. The molecule has 1 unspecified atom stereocenters. The molecule has 0 spiro atoms. The first-order valence-electron chi connectivity index (χ1n) is 10.4. The van der Waals surface area contributed by atoms with Gasteiger partial charge in [-0.1, -0.05) is 56.4 Å². The molecular weight excluding hydrogens is 406 g/mol. The molecule has 0 amide bonds. The smallest absolute Gasteiger partial charge is 0.291 e. The van der Waals surface area contributed by atoms with Crippen LogP contribution >= 0.6 is 0 Å². The Balaban J connectivity index is 0.00000841. The van der Waals surface area contributed by atoms with Crippen molar-refractivity contribution >= 4 is 10.1 Å². The van der Waals surface area contributed by atoms with Gasteiger partial charge in [0.25, 0.3) is 10.1 Å². The molecule has 0 aliphatic rings. The van der Waals surface area contributed by atoms with Crippen LogP contribution in [0.25, 0.3) is 0 Å². The molecule has 30 heavy (non-hydrogen) atoms. The Morgan fingerprint density at radius 3 is 2.20 bits per heavy atom. The molecule has 174 valence electrons. The third kappa shape index (κ3) is 16.4. The van der Waals surface area contributed by atoms with Crippen LogP contribution in [0, 0.1) is 0 Å². The summed E-state index contributed by atoms with van der Waals surface area (Å²) in [5.41, 5.74) is 0. The molecular formula is C22H39NO6S. The van der Waals surface area contributed by atoms with Gasteiger partial charge in [-0.05, 0) is 31.9 Å². The van der Waals surface area contributed by atoms with Crippen LogP contribution in [0.4, 0.5) is 0 Å². The molecule has 1 rings (SSSR count). The Morgan fingerprint density at radius 1 is 0.967 bits per heavy atom. The summed E-state index contributed by atoms with van der Waals surface area (Å²) in [5, 5.41) is 0. The van der Waals surface area contributed by atoms with Gasteiger partial charge in [0.05, 0.1) is 19.3 Å². The van der Waals surface area contributed by atoms with Crippen molar-refractivity contribution in [3.63, 3.8) is 0 Å². The molecule has 0 saturated heterocycles. The van der Waals surface area contributed by atoms with E-state index < -0.39 is 16.1 Å². The first kappa shape index (κ1) is 28.5. The van der Waals surface area contributed by atoms with Gasteiger partial charge in [-0.15, -0.1) is 6.58 Å². The Labute approximate surface area is 182 Å². The fraction of sp³-hybridized carbons (Fsp3) is 0.636. The SMILES string of the molecule is C=CCOCCCCCCCCCOS(=O)(=O)COC(C)COc1ccccc1.N. The van der Waals surface area contributed by atoms with E-state index in [-0.39, 0.29) is 25.5 Å². The Morgan fingerprint density at radius 2 is 1.57 bits per heavy atom. The first-order chi connectivity index (χ1) is 14.0.